The average Bonchev–Trinajstić information content (AvgIpc) is 3.37. The molecule has 0 bridgehead atoms. The summed E-state index contributed by atoms with van der Waals surface area (Å²) in [5.74, 6) is -3.54. The Kier molecular flexibility index (Phi) is 5.70. The van der Waals surface area contributed by atoms with E-state index in [2.05, 4.69) is 5.32 Å². The molecule has 0 aliphatic carbocycles. The summed E-state index contributed by atoms with van der Waals surface area (Å²) in [7, 11) is 0. The summed E-state index contributed by atoms with van der Waals surface area (Å²) < 4.78 is 0.554. The van der Waals surface area contributed by atoms with Gasteiger partial charge in [0.25, 0.3) is 0 Å². The van der Waals surface area contributed by atoms with Gasteiger partial charge in [-0.3, -0.25) is 24.6 Å². The Hall–Kier alpha value is -2.22. The number of thiophene rings is 1. The van der Waals surface area contributed by atoms with Crippen LogP contribution in [-0.4, -0.2) is 39.9 Å². The molecule has 2 amide bonds. The molecule has 6 nitrogen and oxygen atoms in total. The van der Waals surface area contributed by atoms with Crippen molar-refractivity contribution >= 4 is 40.7 Å². The minimum Gasteiger partial charge on any atom is -0.480 e. The fourth-order valence-electron chi connectivity index (χ4n) is 4.69. The van der Waals surface area contributed by atoms with Gasteiger partial charge in [-0.05, 0) is 24.1 Å². The molecular formula is C22H23ClN2O4S. The van der Waals surface area contributed by atoms with Crippen molar-refractivity contribution in [2.75, 3.05) is 6.54 Å². The molecule has 2 aromatic rings. The number of unbranched alkanes of at least 4 members (excludes halogenated alkanes) is 1. The summed E-state index contributed by atoms with van der Waals surface area (Å²) in [5, 5.41) is 13.5. The molecule has 2 fully saturated rings. The fraction of sp³-hybridized carbons (Fsp3) is 0.409. The monoisotopic (exact) mass is 446 g/mol. The van der Waals surface area contributed by atoms with Crippen LogP contribution < -0.4 is 5.32 Å². The number of fused-ring (bicyclic) bond motifs is 1. The molecule has 4 atom stereocenters. The summed E-state index contributed by atoms with van der Waals surface area (Å²) in [6.45, 7) is 2.31. The summed E-state index contributed by atoms with van der Waals surface area (Å²) >= 11 is 7.42. The molecular weight excluding hydrogens is 424 g/mol. The summed E-state index contributed by atoms with van der Waals surface area (Å²) in [5.41, 5.74) is -0.774. The van der Waals surface area contributed by atoms with Gasteiger partial charge in [-0.2, -0.15) is 0 Å². The first-order valence-corrected chi connectivity index (χ1v) is 11.2. The molecule has 4 rings (SSSR count). The average molecular weight is 447 g/mol. The molecule has 8 heteroatoms. The zero-order chi connectivity index (χ0) is 21.5. The summed E-state index contributed by atoms with van der Waals surface area (Å²) in [6.07, 6.45) is 1.64. The van der Waals surface area contributed by atoms with E-state index in [1.54, 1.807) is 12.1 Å². The number of nitrogens with zero attached hydrogens (tertiary/aromatic N) is 1. The van der Waals surface area contributed by atoms with Gasteiger partial charge in [0.15, 0.2) is 0 Å². The smallest absolute Gasteiger partial charge is 0.325 e. The summed E-state index contributed by atoms with van der Waals surface area (Å²) in [6, 6.07) is 12.2. The van der Waals surface area contributed by atoms with Gasteiger partial charge < -0.3 is 5.11 Å². The zero-order valence-electron chi connectivity index (χ0n) is 16.5. The molecule has 1 aromatic carbocycles. The highest BCUT2D eigenvalue weighted by atomic mass is 35.5. The standard InChI is InChI=1S/C22H23ClN2O4S/c1-2-3-11-25-19(26)16-17(20(25)27)22(21(28)29,12-13-7-5-4-6-8-13)24-18(16)14-9-10-15(23)30-14/h4-10,16-18,24H,2-3,11-12H2,1H3,(H,28,29). The minimum absolute atomic E-state index is 0.112. The van der Waals surface area contributed by atoms with Gasteiger partial charge in [0.1, 0.15) is 5.54 Å². The Balaban J connectivity index is 1.81. The van der Waals surface area contributed by atoms with E-state index in [4.69, 9.17) is 11.6 Å². The van der Waals surface area contributed by atoms with Crippen LogP contribution in [0.15, 0.2) is 42.5 Å². The number of benzene rings is 1. The fourth-order valence-corrected chi connectivity index (χ4v) is 5.85. The van der Waals surface area contributed by atoms with E-state index in [0.29, 0.717) is 17.3 Å². The number of rotatable bonds is 7. The molecule has 0 spiro atoms. The number of carboxylic acid groups (broad SMARTS) is 1. The minimum atomic E-state index is -1.57. The van der Waals surface area contributed by atoms with Crippen molar-refractivity contribution in [1.82, 2.24) is 10.2 Å². The predicted molar refractivity (Wildman–Crippen MR) is 114 cm³/mol. The second-order valence-electron chi connectivity index (χ2n) is 7.89. The molecule has 2 aliphatic heterocycles. The number of amides is 2. The van der Waals surface area contributed by atoms with Crippen LogP contribution in [0.25, 0.3) is 0 Å². The van der Waals surface area contributed by atoms with Gasteiger partial charge in [0, 0.05) is 17.8 Å². The predicted octanol–water partition coefficient (Wildman–Crippen LogP) is 3.51. The number of imide groups is 1. The van der Waals surface area contributed by atoms with Crippen molar-refractivity contribution < 1.29 is 19.5 Å². The van der Waals surface area contributed by atoms with Crippen LogP contribution in [0, 0.1) is 11.8 Å². The van der Waals surface area contributed by atoms with Gasteiger partial charge in [-0.15, -0.1) is 11.3 Å². The number of nitrogens with one attached hydrogen (secondary N) is 1. The van der Waals surface area contributed by atoms with Gasteiger partial charge in [-0.25, -0.2) is 0 Å². The largest absolute Gasteiger partial charge is 0.480 e. The maximum Gasteiger partial charge on any atom is 0.325 e. The lowest BCUT2D eigenvalue weighted by Crippen LogP contribution is -2.57. The molecule has 0 saturated carbocycles. The third kappa shape index (κ3) is 3.35. The molecule has 30 heavy (non-hydrogen) atoms. The Morgan fingerprint density at radius 1 is 1.20 bits per heavy atom. The molecule has 3 heterocycles. The van der Waals surface area contributed by atoms with Crippen molar-refractivity contribution in [3.05, 3.63) is 57.2 Å². The van der Waals surface area contributed by atoms with Crippen LogP contribution in [0.2, 0.25) is 4.34 Å². The topological polar surface area (TPSA) is 86.7 Å². The summed E-state index contributed by atoms with van der Waals surface area (Å²) in [4.78, 5) is 41.4. The maximum atomic E-state index is 13.4. The van der Waals surface area contributed by atoms with Crippen LogP contribution in [0.1, 0.15) is 36.2 Å². The molecule has 158 valence electrons. The van der Waals surface area contributed by atoms with Crippen LogP contribution in [0.4, 0.5) is 0 Å². The number of aliphatic carboxylic acids is 1. The first kappa shape index (κ1) is 21.0. The van der Waals surface area contributed by atoms with Crippen molar-refractivity contribution in [2.24, 2.45) is 11.8 Å². The molecule has 1 aromatic heterocycles. The van der Waals surface area contributed by atoms with Crippen molar-refractivity contribution in [3.8, 4) is 0 Å². The van der Waals surface area contributed by atoms with Crippen molar-refractivity contribution in [2.45, 2.75) is 37.8 Å². The van der Waals surface area contributed by atoms with E-state index < -0.39 is 35.3 Å². The number of halogens is 1. The Morgan fingerprint density at radius 2 is 1.93 bits per heavy atom. The number of carbonyl (C=O) groups excluding carboxylic acids is 2. The SMILES string of the molecule is CCCCN1C(=O)C2C(c3ccc(Cl)s3)NC(Cc3ccccc3)(C(=O)O)C2C1=O. The number of carboxylic acids is 1. The van der Waals surface area contributed by atoms with E-state index in [0.717, 1.165) is 16.9 Å². The van der Waals surface area contributed by atoms with E-state index in [1.807, 2.05) is 37.3 Å². The van der Waals surface area contributed by atoms with Crippen LogP contribution in [0.3, 0.4) is 0 Å². The maximum absolute atomic E-state index is 13.4. The molecule has 2 aliphatic rings. The Bertz CT molecular complexity index is 979. The van der Waals surface area contributed by atoms with Crippen molar-refractivity contribution in [1.29, 1.82) is 0 Å². The van der Waals surface area contributed by atoms with E-state index in [-0.39, 0.29) is 12.3 Å². The third-order valence-corrected chi connectivity index (χ3v) is 7.40. The first-order chi connectivity index (χ1) is 14.4. The normalized spacial score (nSPS) is 28.2. The number of hydrogen-bond donors (Lipinski definition) is 2. The van der Waals surface area contributed by atoms with E-state index >= 15 is 0 Å². The first-order valence-electron chi connectivity index (χ1n) is 10.0. The molecule has 0 radical (unpaired) electrons. The number of likely N-dealkylation sites (tertiary alicyclic amines) is 1. The quantitative estimate of drug-likeness (QED) is 0.635. The molecule has 4 unspecified atom stereocenters. The molecule has 2 saturated heterocycles. The lowest BCUT2D eigenvalue weighted by molar-refractivity contribution is -0.151. The zero-order valence-corrected chi connectivity index (χ0v) is 18.1. The van der Waals surface area contributed by atoms with Crippen molar-refractivity contribution in [3.63, 3.8) is 0 Å². The van der Waals surface area contributed by atoms with E-state index in [1.165, 1.54) is 16.2 Å². The van der Waals surface area contributed by atoms with E-state index in [9.17, 15) is 19.5 Å². The third-order valence-electron chi connectivity index (χ3n) is 6.09. The second kappa shape index (κ2) is 8.13. The Morgan fingerprint density at radius 3 is 2.53 bits per heavy atom. The molecule has 2 N–H and O–H groups in total. The Labute approximate surface area is 183 Å². The van der Waals surface area contributed by atoms with Crippen LogP contribution in [0.5, 0.6) is 0 Å². The lowest BCUT2D eigenvalue weighted by atomic mass is 9.76. The van der Waals surface area contributed by atoms with Gasteiger partial charge in [0.05, 0.1) is 22.2 Å². The highest BCUT2D eigenvalue weighted by Crippen LogP contribution is 2.51. The van der Waals surface area contributed by atoms with Gasteiger partial charge in [0.2, 0.25) is 11.8 Å². The number of carbonyl (C=O) groups is 3. The number of hydrogen-bond acceptors (Lipinski definition) is 5. The highest BCUT2D eigenvalue weighted by molar-refractivity contribution is 7.16. The second-order valence-corrected chi connectivity index (χ2v) is 9.63. The van der Waals surface area contributed by atoms with Crippen LogP contribution in [-0.2, 0) is 20.8 Å². The highest BCUT2D eigenvalue weighted by Gasteiger charge is 2.68. The van der Waals surface area contributed by atoms with Gasteiger partial charge >= 0.3 is 5.97 Å². The lowest BCUT2D eigenvalue weighted by Gasteiger charge is -2.31. The van der Waals surface area contributed by atoms with Gasteiger partial charge in [-0.1, -0.05) is 55.3 Å². The van der Waals surface area contributed by atoms with Crippen LogP contribution >= 0.6 is 22.9 Å².